The summed E-state index contributed by atoms with van der Waals surface area (Å²) in [5.74, 6) is 2.06. The predicted molar refractivity (Wildman–Crippen MR) is 207 cm³/mol. The van der Waals surface area contributed by atoms with Gasteiger partial charge in [0.05, 0.1) is 6.54 Å². The Morgan fingerprint density at radius 1 is 0.800 bits per heavy atom. The number of benzene rings is 5. The molecule has 2 unspecified atom stereocenters. The lowest BCUT2D eigenvalue weighted by atomic mass is 9.91. The minimum absolute atomic E-state index is 0.0151. The highest BCUT2D eigenvalue weighted by Crippen LogP contribution is 2.43. The van der Waals surface area contributed by atoms with Crippen molar-refractivity contribution in [1.29, 1.82) is 0 Å². The van der Waals surface area contributed by atoms with Crippen LogP contribution in [0.2, 0.25) is 0 Å². The van der Waals surface area contributed by atoms with Crippen LogP contribution in [0, 0.1) is 0 Å². The third kappa shape index (κ3) is 5.88. The summed E-state index contributed by atoms with van der Waals surface area (Å²) in [6, 6.07) is 37.2. The van der Waals surface area contributed by atoms with Gasteiger partial charge in [-0.1, -0.05) is 121 Å². The maximum atomic E-state index is 6.91. The molecule has 0 spiro atoms. The first-order valence-electron chi connectivity index (χ1n) is 17.0. The number of ether oxygens (including phenoxy) is 1. The minimum Gasteiger partial charge on any atom is -0.485 e. The predicted octanol–water partition coefficient (Wildman–Crippen LogP) is 10.6. The maximum Gasteiger partial charge on any atom is 0.157 e. The van der Waals surface area contributed by atoms with Gasteiger partial charge in [0.1, 0.15) is 28.9 Å². The van der Waals surface area contributed by atoms with Gasteiger partial charge in [-0.2, -0.15) is 0 Å². The van der Waals surface area contributed by atoms with Crippen molar-refractivity contribution in [3.8, 4) is 16.9 Å². The molecule has 2 heterocycles. The second kappa shape index (κ2) is 13.4. The lowest BCUT2D eigenvalue weighted by molar-refractivity contribution is 0.267. The topological polar surface area (TPSA) is 73.1 Å². The van der Waals surface area contributed by atoms with Gasteiger partial charge in [0.2, 0.25) is 0 Å². The molecule has 0 fully saturated rings. The molecule has 8 rings (SSSR count). The summed E-state index contributed by atoms with van der Waals surface area (Å²) < 4.78 is 12.7. The van der Waals surface area contributed by atoms with Crippen LogP contribution in [-0.2, 0) is 6.54 Å². The molecule has 1 aromatic heterocycles. The molecule has 2 atom stereocenters. The average Bonchev–Trinajstić information content (AvgIpc) is 3.74. The highest BCUT2D eigenvalue weighted by molar-refractivity contribution is 6.21. The van der Waals surface area contributed by atoms with E-state index in [4.69, 9.17) is 24.9 Å². The zero-order chi connectivity index (χ0) is 34.0. The molecule has 0 bridgehead atoms. The van der Waals surface area contributed by atoms with E-state index in [1.54, 1.807) is 0 Å². The lowest BCUT2D eigenvalue weighted by Crippen LogP contribution is -2.17. The molecular weight excluding hydrogens is 615 g/mol. The SMILES string of the molecule is C/C=C\C=C(/C)c1cccc(-c2ccc3oc4cccc(/C(N)=N/C(=N\Cc5cccc6c5OC5C=CC=CC65)c5ccccc5)c4c3c2)c1. The number of aliphatic imine (C=N–C) groups is 2. The Balaban J connectivity index is 1.19. The van der Waals surface area contributed by atoms with Crippen LogP contribution in [0.5, 0.6) is 5.75 Å². The Morgan fingerprint density at radius 2 is 1.60 bits per heavy atom. The monoisotopic (exact) mass is 651 g/mol. The standard InChI is InChI=1S/C45H37N3O2/c1-3-4-13-29(2)31-16-10-17-32(26-31)33-24-25-40-38(27-33)42-37(21-12-23-41(42)49-40)44(46)48-45(30-14-6-5-7-15-30)47-28-34-18-11-20-36-35-19-8-9-22-39(35)50-43(34)36/h3-27,35,39H,28H2,1-2H3,(H2,46,47,48)/b4-3-,29-13+. The minimum atomic E-state index is 0.0151. The number of amidine groups is 2. The average molecular weight is 652 g/mol. The summed E-state index contributed by atoms with van der Waals surface area (Å²) in [7, 11) is 0. The van der Waals surface area contributed by atoms with Crippen LogP contribution in [0.15, 0.2) is 166 Å². The first-order valence-corrected chi connectivity index (χ1v) is 17.0. The molecule has 1 aliphatic carbocycles. The van der Waals surface area contributed by atoms with E-state index in [2.05, 4.69) is 91.9 Å². The van der Waals surface area contributed by atoms with Crippen molar-refractivity contribution in [2.24, 2.45) is 15.7 Å². The number of hydrogen-bond donors (Lipinski definition) is 1. The number of fused-ring (bicyclic) bond motifs is 6. The van der Waals surface area contributed by atoms with Crippen molar-refractivity contribution < 1.29 is 9.15 Å². The van der Waals surface area contributed by atoms with Crippen LogP contribution in [0.1, 0.15) is 47.6 Å². The van der Waals surface area contributed by atoms with E-state index in [1.165, 1.54) is 16.7 Å². The van der Waals surface area contributed by atoms with Gasteiger partial charge >= 0.3 is 0 Å². The molecule has 244 valence electrons. The number of nitrogens with zero attached hydrogens (tertiary/aromatic N) is 2. The van der Waals surface area contributed by atoms with Gasteiger partial charge in [-0.3, -0.25) is 4.99 Å². The largest absolute Gasteiger partial charge is 0.485 e. The molecule has 2 aliphatic rings. The van der Waals surface area contributed by atoms with Crippen molar-refractivity contribution in [3.63, 3.8) is 0 Å². The number of nitrogens with two attached hydrogens (primary N) is 1. The molecule has 5 aromatic carbocycles. The van der Waals surface area contributed by atoms with Gasteiger partial charge in [-0.05, 0) is 66.5 Å². The molecule has 50 heavy (non-hydrogen) atoms. The summed E-state index contributed by atoms with van der Waals surface area (Å²) in [6.07, 6.45) is 14.7. The van der Waals surface area contributed by atoms with E-state index in [0.717, 1.165) is 55.5 Å². The van der Waals surface area contributed by atoms with E-state index in [0.29, 0.717) is 18.2 Å². The van der Waals surface area contributed by atoms with Crippen molar-refractivity contribution in [1.82, 2.24) is 0 Å². The molecular formula is C45H37N3O2. The summed E-state index contributed by atoms with van der Waals surface area (Å²) in [6.45, 7) is 4.56. The maximum absolute atomic E-state index is 6.91. The van der Waals surface area contributed by atoms with E-state index >= 15 is 0 Å². The highest BCUT2D eigenvalue weighted by atomic mass is 16.5. The zero-order valence-electron chi connectivity index (χ0n) is 28.1. The highest BCUT2D eigenvalue weighted by Gasteiger charge is 2.33. The molecule has 5 nitrogen and oxygen atoms in total. The van der Waals surface area contributed by atoms with Crippen LogP contribution >= 0.6 is 0 Å². The van der Waals surface area contributed by atoms with E-state index in [9.17, 15) is 0 Å². The Kier molecular flexibility index (Phi) is 8.31. The summed E-state index contributed by atoms with van der Waals surface area (Å²) in [4.78, 5) is 10.0. The Bertz CT molecular complexity index is 2420. The summed E-state index contributed by atoms with van der Waals surface area (Å²) >= 11 is 0. The van der Waals surface area contributed by atoms with Crippen molar-refractivity contribution >= 4 is 39.2 Å². The van der Waals surface area contributed by atoms with E-state index in [1.807, 2.05) is 73.7 Å². The second-order valence-corrected chi connectivity index (χ2v) is 12.7. The normalized spacial score (nSPS) is 17.4. The Hall–Kier alpha value is -6.20. The third-order valence-corrected chi connectivity index (χ3v) is 9.44. The smallest absolute Gasteiger partial charge is 0.157 e. The molecule has 0 radical (unpaired) electrons. The summed E-state index contributed by atoms with van der Waals surface area (Å²) in [5, 5.41) is 1.91. The Labute approximate surface area is 292 Å². The third-order valence-electron chi connectivity index (χ3n) is 9.44. The molecule has 0 saturated carbocycles. The van der Waals surface area contributed by atoms with Crippen LogP contribution in [0.4, 0.5) is 0 Å². The number of hydrogen-bond acceptors (Lipinski definition) is 3. The molecule has 5 heteroatoms. The number of allylic oxidation sites excluding steroid dienone is 6. The Morgan fingerprint density at radius 3 is 2.48 bits per heavy atom. The molecule has 0 saturated heterocycles. The molecule has 2 N–H and O–H groups in total. The van der Waals surface area contributed by atoms with Crippen LogP contribution in [0.3, 0.4) is 0 Å². The van der Waals surface area contributed by atoms with Gasteiger partial charge in [0.15, 0.2) is 5.84 Å². The lowest BCUT2D eigenvalue weighted by Gasteiger charge is -2.14. The van der Waals surface area contributed by atoms with Gasteiger partial charge in [0.25, 0.3) is 0 Å². The van der Waals surface area contributed by atoms with Gasteiger partial charge < -0.3 is 14.9 Å². The molecule has 6 aromatic rings. The molecule has 0 amide bonds. The van der Waals surface area contributed by atoms with Gasteiger partial charge in [-0.25, -0.2) is 4.99 Å². The van der Waals surface area contributed by atoms with E-state index in [-0.39, 0.29) is 12.0 Å². The fourth-order valence-corrected chi connectivity index (χ4v) is 6.86. The fraction of sp³-hybridized carbons (Fsp3) is 0.111. The van der Waals surface area contributed by atoms with Crippen LogP contribution < -0.4 is 10.5 Å². The fourth-order valence-electron chi connectivity index (χ4n) is 6.86. The quantitative estimate of drug-likeness (QED) is 0.106. The van der Waals surface area contributed by atoms with Crippen LogP contribution in [-0.4, -0.2) is 17.8 Å². The van der Waals surface area contributed by atoms with Crippen LogP contribution in [0.25, 0.3) is 38.6 Å². The number of para-hydroxylation sites is 1. The van der Waals surface area contributed by atoms with Gasteiger partial charge in [0, 0.05) is 38.9 Å². The first-order chi connectivity index (χ1) is 24.6. The number of rotatable bonds is 7. The van der Waals surface area contributed by atoms with E-state index < -0.39 is 0 Å². The summed E-state index contributed by atoms with van der Waals surface area (Å²) in [5.41, 5.74) is 17.0. The second-order valence-electron chi connectivity index (χ2n) is 12.7. The van der Waals surface area contributed by atoms with Crippen molar-refractivity contribution in [2.45, 2.75) is 32.4 Å². The van der Waals surface area contributed by atoms with Crippen molar-refractivity contribution in [2.75, 3.05) is 0 Å². The van der Waals surface area contributed by atoms with Gasteiger partial charge in [-0.15, -0.1) is 0 Å². The first kappa shape index (κ1) is 31.1. The van der Waals surface area contributed by atoms with Crippen molar-refractivity contribution in [3.05, 3.63) is 180 Å². The number of furan rings is 1. The zero-order valence-corrected chi connectivity index (χ0v) is 28.1. The molecule has 1 aliphatic heterocycles.